The van der Waals surface area contributed by atoms with Crippen LogP contribution in [0.4, 0.5) is 0 Å². The Morgan fingerprint density at radius 3 is 2.67 bits per heavy atom. The molecule has 4 rings (SSSR count). The Morgan fingerprint density at radius 1 is 1.17 bits per heavy atom. The van der Waals surface area contributed by atoms with Gasteiger partial charge in [-0.2, -0.15) is 0 Å². The molecule has 7 heteroatoms. The molecule has 1 aliphatic heterocycles. The van der Waals surface area contributed by atoms with E-state index in [4.69, 9.17) is 11.6 Å². The Kier molecular flexibility index (Phi) is 6.37. The van der Waals surface area contributed by atoms with Gasteiger partial charge in [0.05, 0.1) is 10.9 Å². The molecule has 0 aliphatic carbocycles. The van der Waals surface area contributed by atoms with Crippen LogP contribution in [-0.2, 0) is 11.2 Å². The second kappa shape index (κ2) is 9.16. The van der Waals surface area contributed by atoms with Crippen molar-refractivity contribution < 1.29 is 9.59 Å². The largest absolute Gasteiger partial charge is 0.330 e. The number of rotatable bonds is 6. The minimum absolute atomic E-state index is 0.0202. The summed E-state index contributed by atoms with van der Waals surface area (Å²) in [5.74, 6) is -0.215. The first-order valence-corrected chi connectivity index (χ1v) is 11.8. The zero-order chi connectivity index (χ0) is 21.1. The van der Waals surface area contributed by atoms with Gasteiger partial charge in [0, 0.05) is 23.0 Å². The van der Waals surface area contributed by atoms with Crippen molar-refractivity contribution in [3.63, 3.8) is 0 Å². The minimum atomic E-state index is -0.174. The highest BCUT2D eigenvalue weighted by molar-refractivity contribution is 7.12. The van der Waals surface area contributed by atoms with E-state index in [1.807, 2.05) is 40.6 Å². The van der Waals surface area contributed by atoms with Crippen molar-refractivity contribution >= 4 is 46.1 Å². The number of hydrogen-bond donors (Lipinski definition) is 0. The second-order valence-electron chi connectivity index (χ2n) is 7.04. The summed E-state index contributed by atoms with van der Waals surface area (Å²) in [4.78, 5) is 31.7. The third-order valence-corrected chi connectivity index (χ3v) is 7.27. The fourth-order valence-corrected chi connectivity index (χ4v) is 5.50. The van der Waals surface area contributed by atoms with Crippen molar-refractivity contribution in [3.8, 4) is 0 Å². The summed E-state index contributed by atoms with van der Waals surface area (Å²) in [6.45, 7) is 4.72. The minimum Gasteiger partial charge on any atom is -0.330 e. The maximum absolute atomic E-state index is 13.4. The summed E-state index contributed by atoms with van der Waals surface area (Å²) in [5.41, 5.74) is 2.17. The molecule has 2 aromatic heterocycles. The Balaban J connectivity index is 1.61. The van der Waals surface area contributed by atoms with Gasteiger partial charge in [0.15, 0.2) is 0 Å². The maximum Gasteiger partial charge on any atom is 0.264 e. The topological polar surface area (TPSA) is 40.6 Å². The first-order valence-electron chi connectivity index (χ1n) is 9.63. The van der Waals surface area contributed by atoms with Crippen molar-refractivity contribution in [1.82, 2.24) is 9.80 Å². The van der Waals surface area contributed by atoms with E-state index in [1.165, 1.54) is 16.2 Å². The second-order valence-corrected chi connectivity index (χ2v) is 9.43. The monoisotopic (exact) mass is 456 g/mol. The smallest absolute Gasteiger partial charge is 0.264 e. The van der Waals surface area contributed by atoms with E-state index < -0.39 is 0 Å². The molecule has 0 bridgehead atoms. The summed E-state index contributed by atoms with van der Waals surface area (Å²) >= 11 is 9.19. The van der Waals surface area contributed by atoms with Crippen LogP contribution in [-0.4, -0.2) is 41.2 Å². The molecule has 154 valence electrons. The molecule has 30 heavy (non-hydrogen) atoms. The van der Waals surface area contributed by atoms with Gasteiger partial charge in [-0.25, -0.2) is 0 Å². The van der Waals surface area contributed by atoms with Gasteiger partial charge < -0.3 is 9.80 Å². The van der Waals surface area contributed by atoms with Crippen LogP contribution in [0.15, 0.2) is 65.9 Å². The number of fused-ring (bicyclic) bond motifs is 1. The number of benzene rings is 1. The molecule has 4 nitrogen and oxygen atoms in total. The van der Waals surface area contributed by atoms with E-state index in [9.17, 15) is 9.59 Å². The van der Waals surface area contributed by atoms with Crippen LogP contribution < -0.4 is 0 Å². The van der Waals surface area contributed by atoms with Gasteiger partial charge in [-0.05, 0) is 52.6 Å². The lowest BCUT2D eigenvalue weighted by Crippen LogP contribution is -2.46. The number of amides is 2. The van der Waals surface area contributed by atoms with Crippen LogP contribution in [0.5, 0.6) is 0 Å². The summed E-state index contributed by atoms with van der Waals surface area (Å²) in [6, 6.07) is 13.2. The van der Waals surface area contributed by atoms with Crippen molar-refractivity contribution in [3.05, 3.63) is 91.8 Å². The van der Waals surface area contributed by atoms with Gasteiger partial charge in [-0.15, -0.1) is 29.3 Å². The van der Waals surface area contributed by atoms with Gasteiger partial charge in [0.25, 0.3) is 5.91 Å². The van der Waals surface area contributed by atoms with E-state index in [0.717, 1.165) is 17.5 Å². The molecular formula is C23H21ClN2O2S2. The normalized spacial score (nSPS) is 15.5. The van der Waals surface area contributed by atoms with Crippen molar-refractivity contribution in [2.75, 3.05) is 19.6 Å². The van der Waals surface area contributed by atoms with Gasteiger partial charge in [-0.3, -0.25) is 9.59 Å². The summed E-state index contributed by atoms with van der Waals surface area (Å²) in [7, 11) is 0. The molecule has 1 atom stereocenters. The molecule has 0 saturated carbocycles. The van der Waals surface area contributed by atoms with E-state index in [2.05, 4.69) is 18.0 Å². The highest BCUT2D eigenvalue weighted by atomic mass is 35.5. The lowest BCUT2D eigenvalue weighted by Gasteiger charge is -2.37. The number of carbonyl (C=O) groups excluding carboxylic acids is 2. The molecule has 1 aliphatic rings. The third-order valence-electron chi connectivity index (χ3n) is 5.17. The van der Waals surface area contributed by atoms with Crippen molar-refractivity contribution in [1.29, 1.82) is 0 Å². The highest BCUT2D eigenvalue weighted by Crippen LogP contribution is 2.38. The van der Waals surface area contributed by atoms with Crippen LogP contribution in [0.1, 0.15) is 31.7 Å². The molecule has 0 spiro atoms. The van der Waals surface area contributed by atoms with Gasteiger partial charge in [0.1, 0.15) is 6.54 Å². The average Bonchev–Trinajstić information content (AvgIpc) is 3.44. The van der Waals surface area contributed by atoms with E-state index in [0.29, 0.717) is 23.0 Å². The Morgan fingerprint density at radius 2 is 1.97 bits per heavy atom. The first kappa shape index (κ1) is 20.8. The van der Waals surface area contributed by atoms with Gasteiger partial charge >= 0.3 is 0 Å². The Labute approximate surface area is 189 Å². The number of nitrogens with zero attached hydrogens (tertiary/aromatic N) is 2. The molecule has 1 aromatic carbocycles. The van der Waals surface area contributed by atoms with E-state index >= 15 is 0 Å². The van der Waals surface area contributed by atoms with Crippen LogP contribution in [0.3, 0.4) is 0 Å². The molecule has 0 N–H and O–H groups in total. The van der Waals surface area contributed by atoms with Crippen LogP contribution in [0.25, 0.3) is 0 Å². The first-order chi connectivity index (χ1) is 14.6. The maximum atomic E-state index is 13.4. The van der Waals surface area contributed by atoms with Crippen LogP contribution in [0, 0.1) is 0 Å². The average molecular weight is 457 g/mol. The van der Waals surface area contributed by atoms with E-state index in [1.54, 1.807) is 28.4 Å². The quantitative estimate of drug-likeness (QED) is 0.474. The van der Waals surface area contributed by atoms with E-state index in [-0.39, 0.29) is 24.4 Å². The predicted molar refractivity (Wildman–Crippen MR) is 123 cm³/mol. The Hall–Kier alpha value is -2.41. The van der Waals surface area contributed by atoms with Crippen LogP contribution >= 0.6 is 34.3 Å². The lowest BCUT2D eigenvalue weighted by molar-refractivity contribution is -0.133. The lowest BCUT2D eigenvalue weighted by atomic mass is 9.93. The standard InChI is InChI=1S/C23H21ClN2O2S2/c1-2-11-25(23(28)20-4-3-13-29-20)15-21(27)26-12-9-19-18(10-14-30-19)22(26)16-5-7-17(24)8-6-16/h2-8,10,13-14,22H,1,9,11-12,15H2. The number of hydrogen-bond acceptors (Lipinski definition) is 4. The zero-order valence-electron chi connectivity index (χ0n) is 16.3. The van der Waals surface area contributed by atoms with Crippen molar-refractivity contribution in [2.45, 2.75) is 12.5 Å². The summed E-state index contributed by atoms with van der Waals surface area (Å²) < 4.78 is 0. The molecule has 3 heterocycles. The molecule has 2 amide bonds. The molecule has 1 unspecified atom stereocenters. The highest BCUT2D eigenvalue weighted by Gasteiger charge is 2.34. The fourth-order valence-electron chi connectivity index (χ4n) is 3.77. The predicted octanol–water partition coefficient (Wildman–Crippen LogP) is 5.27. The van der Waals surface area contributed by atoms with Crippen molar-refractivity contribution in [2.24, 2.45) is 0 Å². The number of halogens is 1. The number of thiophene rings is 2. The molecule has 0 fully saturated rings. The number of carbonyl (C=O) groups is 2. The van der Waals surface area contributed by atoms with Crippen LogP contribution in [0.2, 0.25) is 5.02 Å². The molecule has 3 aromatic rings. The van der Waals surface area contributed by atoms with Gasteiger partial charge in [-0.1, -0.05) is 35.9 Å². The SMILES string of the molecule is C=CCN(CC(=O)N1CCc2sccc2C1c1ccc(Cl)cc1)C(=O)c1cccs1. The molecule has 0 saturated heterocycles. The zero-order valence-corrected chi connectivity index (χ0v) is 18.7. The summed E-state index contributed by atoms with van der Waals surface area (Å²) in [5, 5.41) is 4.60. The third kappa shape index (κ3) is 4.21. The summed E-state index contributed by atoms with van der Waals surface area (Å²) in [6.07, 6.45) is 2.48. The molecule has 0 radical (unpaired) electrons. The van der Waals surface area contributed by atoms with Gasteiger partial charge in [0.2, 0.25) is 5.91 Å². The molecular weight excluding hydrogens is 436 g/mol. The fraction of sp³-hybridized carbons (Fsp3) is 0.217. The Bertz CT molecular complexity index is 1040.